The smallest absolute Gasteiger partial charge is 0.325 e. The van der Waals surface area contributed by atoms with E-state index in [2.05, 4.69) is 21.6 Å². The van der Waals surface area contributed by atoms with Crippen LogP contribution in [-0.4, -0.2) is 54.9 Å². The van der Waals surface area contributed by atoms with Crippen molar-refractivity contribution in [3.05, 3.63) is 11.8 Å². The lowest BCUT2D eigenvalue weighted by Crippen LogP contribution is -2.27. The highest BCUT2D eigenvalue weighted by Crippen LogP contribution is 2.22. The first kappa shape index (κ1) is 14.5. The van der Waals surface area contributed by atoms with Gasteiger partial charge in [0.1, 0.15) is 6.54 Å². The first-order valence-electron chi connectivity index (χ1n) is 6.14. The topological polar surface area (TPSA) is 101 Å². The highest BCUT2D eigenvalue weighted by atomic mass is 32.2. The van der Waals surface area contributed by atoms with Crippen LogP contribution in [0.2, 0.25) is 0 Å². The van der Waals surface area contributed by atoms with Crippen molar-refractivity contribution < 1.29 is 14.7 Å². The molecule has 8 nitrogen and oxygen atoms in total. The Morgan fingerprint density at radius 2 is 2.35 bits per heavy atom. The minimum absolute atomic E-state index is 0.0481. The highest BCUT2D eigenvalue weighted by Gasteiger charge is 2.18. The molecule has 20 heavy (non-hydrogen) atoms. The maximum atomic E-state index is 12.0. The fourth-order valence-electron chi connectivity index (χ4n) is 1.87. The van der Waals surface area contributed by atoms with Crippen molar-refractivity contribution in [2.24, 2.45) is 0 Å². The first-order chi connectivity index (χ1) is 9.58. The zero-order chi connectivity index (χ0) is 14.5. The molecule has 1 aromatic rings. The van der Waals surface area contributed by atoms with Crippen LogP contribution >= 0.6 is 11.8 Å². The van der Waals surface area contributed by atoms with Crippen molar-refractivity contribution in [3.63, 3.8) is 0 Å². The Morgan fingerprint density at radius 3 is 3.00 bits per heavy atom. The SMILES string of the molecule is CN(C(=O)CSc1nnnn1CC(=O)O)C1=CCCC1. The molecule has 0 saturated carbocycles. The normalized spacial score (nSPS) is 14.2. The van der Waals surface area contributed by atoms with Gasteiger partial charge in [0.25, 0.3) is 0 Å². The third kappa shape index (κ3) is 3.56. The Kier molecular flexibility index (Phi) is 4.72. The van der Waals surface area contributed by atoms with E-state index in [0.717, 1.165) is 41.4 Å². The van der Waals surface area contributed by atoms with Gasteiger partial charge in [-0.2, -0.15) is 0 Å². The van der Waals surface area contributed by atoms with E-state index in [4.69, 9.17) is 5.11 Å². The number of rotatable bonds is 6. The second kappa shape index (κ2) is 6.51. The van der Waals surface area contributed by atoms with Crippen molar-refractivity contribution in [1.82, 2.24) is 25.1 Å². The fraction of sp³-hybridized carbons (Fsp3) is 0.545. The Balaban J connectivity index is 1.90. The fourth-order valence-corrected chi connectivity index (χ4v) is 2.66. The number of tetrazole rings is 1. The molecule has 0 spiro atoms. The van der Waals surface area contributed by atoms with Crippen molar-refractivity contribution in [3.8, 4) is 0 Å². The lowest BCUT2D eigenvalue weighted by molar-refractivity contribution is -0.138. The van der Waals surface area contributed by atoms with Gasteiger partial charge in [-0.15, -0.1) is 5.10 Å². The summed E-state index contributed by atoms with van der Waals surface area (Å²) in [5, 5.41) is 19.7. The van der Waals surface area contributed by atoms with Crippen LogP contribution in [0.5, 0.6) is 0 Å². The lowest BCUT2D eigenvalue weighted by Gasteiger charge is -2.17. The van der Waals surface area contributed by atoms with E-state index < -0.39 is 5.97 Å². The van der Waals surface area contributed by atoms with E-state index in [1.165, 1.54) is 0 Å². The number of carbonyl (C=O) groups excluding carboxylic acids is 1. The number of hydrogen-bond donors (Lipinski definition) is 1. The van der Waals surface area contributed by atoms with Gasteiger partial charge in [-0.3, -0.25) is 9.59 Å². The van der Waals surface area contributed by atoms with Gasteiger partial charge in [0.15, 0.2) is 0 Å². The number of aliphatic carboxylic acids is 1. The zero-order valence-corrected chi connectivity index (χ0v) is 11.8. The number of aromatic nitrogens is 4. The standard InChI is InChI=1S/C11H15N5O3S/c1-15(8-4-2-3-5-8)9(17)7-20-11-12-13-14-16(11)6-10(18)19/h4H,2-3,5-7H2,1H3,(H,18,19). The Labute approximate surface area is 119 Å². The van der Waals surface area contributed by atoms with Gasteiger partial charge in [0, 0.05) is 12.7 Å². The van der Waals surface area contributed by atoms with Crippen LogP contribution in [-0.2, 0) is 16.1 Å². The highest BCUT2D eigenvalue weighted by molar-refractivity contribution is 7.99. The average Bonchev–Trinajstić information content (AvgIpc) is 3.05. The predicted molar refractivity (Wildman–Crippen MR) is 70.9 cm³/mol. The number of allylic oxidation sites excluding steroid dienone is 2. The minimum Gasteiger partial charge on any atom is -0.480 e. The second-order valence-corrected chi connectivity index (χ2v) is 5.28. The van der Waals surface area contributed by atoms with Crippen molar-refractivity contribution in [2.45, 2.75) is 31.0 Å². The number of thioether (sulfide) groups is 1. The summed E-state index contributed by atoms with van der Waals surface area (Å²) in [6, 6.07) is 0. The second-order valence-electron chi connectivity index (χ2n) is 4.34. The van der Waals surface area contributed by atoms with E-state index in [1.807, 2.05) is 0 Å². The maximum absolute atomic E-state index is 12.0. The van der Waals surface area contributed by atoms with E-state index in [1.54, 1.807) is 11.9 Å². The molecule has 1 aromatic heterocycles. The largest absolute Gasteiger partial charge is 0.480 e. The Morgan fingerprint density at radius 1 is 1.55 bits per heavy atom. The summed E-state index contributed by atoms with van der Waals surface area (Å²) in [6.45, 7) is -0.315. The Bertz CT molecular complexity index is 542. The van der Waals surface area contributed by atoms with Gasteiger partial charge in [-0.1, -0.05) is 17.8 Å². The van der Waals surface area contributed by atoms with E-state index in [-0.39, 0.29) is 18.2 Å². The average molecular weight is 297 g/mol. The molecule has 0 aromatic carbocycles. The molecular formula is C11H15N5O3S. The molecule has 1 amide bonds. The molecule has 1 aliphatic rings. The number of carboxylic acid groups (broad SMARTS) is 1. The number of hydrogen-bond acceptors (Lipinski definition) is 6. The van der Waals surface area contributed by atoms with E-state index in [0.29, 0.717) is 5.16 Å². The molecule has 2 rings (SSSR count). The third-order valence-electron chi connectivity index (χ3n) is 2.93. The molecule has 0 saturated heterocycles. The molecule has 0 radical (unpaired) electrons. The summed E-state index contributed by atoms with van der Waals surface area (Å²) in [4.78, 5) is 24.3. The molecule has 0 unspecified atom stereocenters. The van der Waals surface area contributed by atoms with Gasteiger partial charge in [0.05, 0.1) is 5.75 Å². The quantitative estimate of drug-likeness (QED) is 0.757. The number of amides is 1. The minimum atomic E-state index is -1.03. The monoisotopic (exact) mass is 297 g/mol. The molecule has 9 heteroatoms. The van der Waals surface area contributed by atoms with Gasteiger partial charge in [-0.25, -0.2) is 4.68 Å². The van der Waals surface area contributed by atoms with Crippen LogP contribution < -0.4 is 0 Å². The maximum Gasteiger partial charge on any atom is 0.325 e. The lowest BCUT2D eigenvalue weighted by atomic mass is 10.3. The van der Waals surface area contributed by atoms with E-state index >= 15 is 0 Å². The summed E-state index contributed by atoms with van der Waals surface area (Å²) in [6.07, 6.45) is 5.08. The molecule has 0 fully saturated rings. The third-order valence-corrected chi connectivity index (χ3v) is 3.87. The van der Waals surface area contributed by atoms with Crippen LogP contribution in [0.15, 0.2) is 16.9 Å². The van der Waals surface area contributed by atoms with E-state index in [9.17, 15) is 9.59 Å². The zero-order valence-electron chi connectivity index (χ0n) is 11.0. The summed E-state index contributed by atoms with van der Waals surface area (Å²) in [5.74, 6) is -0.903. The van der Waals surface area contributed by atoms with Crippen LogP contribution in [0.4, 0.5) is 0 Å². The summed E-state index contributed by atoms with van der Waals surface area (Å²) in [5.41, 5.74) is 1.04. The van der Waals surface area contributed by atoms with Crippen LogP contribution in [0.3, 0.4) is 0 Å². The molecule has 1 aliphatic carbocycles. The number of nitrogens with zero attached hydrogens (tertiary/aromatic N) is 5. The van der Waals surface area contributed by atoms with Crippen molar-refractivity contribution in [2.75, 3.05) is 12.8 Å². The predicted octanol–water partition coefficient (Wildman–Crippen LogP) is 0.376. The van der Waals surface area contributed by atoms with Gasteiger partial charge >= 0.3 is 5.97 Å². The molecule has 1 N–H and O–H groups in total. The molecule has 1 heterocycles. The summed E-state index contributed by atoms with van der Waals surface area (Å²) in [7, 11) is 1.75. The van der Waals surface area contributed by atoms with Crippen molar-refractivity contribution in [1.29, 1.82) is 0 Å². The number of carbonyl (C=O) groups is 2. The van der Waals surface area contributed by atoms with Crippen LogP contribution in [0.1, 0.15) is 19.3 Å². The first-order valence-corrected chi connectivity index (χ1v) is 7.13. The van der Waals surface area contributed by atoms with Gasteiger partial charge in [0.2, 0.25) is 11.1 Å². The molecule has 0 atom stereocenters. The van der Waals surface area contributed by atoms with Crippen molar-refractivity contribution >= 4 is 23.6 Å². The summed E-state index contributed by atoms with van der Waals surface area (Å²) < 4.78 is 1.16. The molecular weight excluding hydrogens is 282 g/mol. The molecule has 0 bridgehead atoms. The van der Waals surface area contributed by atoms with Gasteiger partial charge < -0.3 is 10.0 Å². The van der Waals surface area contributed by atoms with Crippen LogP contribution in [0, 0.1) is 0 Å². The number of carboxylic acids is 1. The van der Waals surface area contributed by atoms with Gasteiger partial charge in [-0.05, 0) is 29.7 Å². The Hall–Kier alpha value is -1.90. The summed E-state index contributed by atoms with van der Waals surface area (Å²) >= 11 is 1.14. The molecule has 0 aliphatic heterocycles. The molecule has 108 valence electrons. The van der Waals surface area contributed by atoms with Crippen LogP contribution in [0.25, 0.3) is 0 Å².